The number of amides is 1. The third kappa shape index (κ3) is 3.22. The van der Waals surface area contributed by atoms with Gasteiger partial charge in [0.15, 0.2) is 0 Å². The Balaban J connectivity index is 2.48. The van der Waals surface area contributed by atoms with Crippen molar-refractivity contribution in [2.45, 2.75) is 0 Å². The first-order valence-electron chi connectivity index (χ1n) is 6.27. The summed E-state index contributed by atoms with van der Waals surface area (Å²) >= 11 is 3.18. The van der Waals surface area contributed by atoms with E-state index < -0.39 is 11.7 Å². The first kappa shape index (κ1) is 15.5. The summed E-state index contributed by atoms with van der Waals surface area (Å²) < 4.78 is 14.3. The molecule has 2 aromatic carbocycles. The van der Waals surface area contributed by atoms with Crippen LogP contribution in [0.1, 0.15) is 10.4 Å². The van der Waals surface area contributed by atoms with Crippen LogP contribution < -0.4 is 10.6 Å². The number of nitrogen functional groups attached to an aromatic ring is 1. The van der Waals surface area contributed by atoms with E-state index in [2.05, 4.69) is 15.9 Å². The van der Waals surface area contributed by atoms with Crippen LogP contribution in [0.2, 0.25) is 0 Å². The van der Waals surface area contributed by atoms with E-state index >= 15 is 0 Å². The van der Waals surface area contributed by atoms with Crippen LogP contribution in [0.15, 0.2) is 46.9 Å². The maximum atomic E-state index is 13.9. The molecular formula is C15H14BrFN2O2. The molecule has 0 bridgehead atoms. The fraction of sp³-hybridized carbons (Fsp3) is 0.133. The van der Waals surface area contributed by atoms with E-state index in [1.54, 1.807) is 30.3 Å². The first-order chi connectivity index (χ1) is 10.1. The van der Waals surface area contributed by atoms with E-state index in [1.165, 1.54) is 17.0 Å². The van der Waals surface area contributed by atoms with Crippen LogP contribution in [0, 0.1) is 5.82 Å². The molecule has 4 nitrogen and oxygen atoms in total. The molecule has 0 saturated carbocycles. The smallest absolute Gasteiger partial charge is 0.262 e. The predicted molar refractivity (Wildman–Crippen MR) is 83.7 cm³/mol. The van der Waals surface area contributed by atoms with Gasteiger partial charge in [0.1, 0.15) is 5.82 Å². The minimum absolute atomic E-state index is 0.0216. The summed E-state index contributed by atoms with van der Waals surface area (Å²) in [6.45, 7) is -0.236. The summed E-state index contributed by atoms with van der Waals surface area (Å²) in [5, 5.41) is 9.18. The molecule has 0 aliphatic carbocycles. The number of carbonyl (C=O) groups is 1. The average molecular weight is 353 g/mol. The highest BCUT2D eigenvalue weighted by atomic mass is 79.9. The van der Waals surface area contributed by atoms with Crippen LogP contribution in [-0.4, -0.2) is 24.2 Å². The number of hydrogen-bond donors (Lipinski definition) is 2. The van der Waals surface area contributed by atoms with Gasteiger partial charge in [-0.15, -0.1) is 0 Å². The second-order valence-corrected chi connectivity index (χ2v) is 5.19. The van der Waals surface area contributed by atoms with Gasteiger partial charge in [0.2, 0.25) is 0 Å². The molecular weight excluding hydrogens is 339 g/mol. The van der Waals surface area contributed by atoms with Crippen molar-refractivity contribution < 1.29 is 14.3 Å². The maximum Gasteiger partial charge on any atom is 0.262 e. The lowest BCUT2D eigenvalue weighted by Gasteiger charge is -2.24. The van der Waals surface area contributed by atoms with E-state index in [0.717, 1.165) is 0 Å². The van der Waals surface area contributed by atoms with Crippen molar-refractivity contribution in [1.82, 2.24) is 0 Å². The highest BCUT2D eigenvalue weighted by Crippen LogP contribution is 2.27. The van der Waals surface area contributed by atoms with Crippen molar-refractivity contribution in [2.24, 2.45) is 0 Å². The Morgan fingerprint density at radius 1 is 1.24 bits per heavy atom. The number of rotatable bonds is 4. The summed E-state index contributed by atoms with van der Waals surface area (Å²) in [5.41, 5.74) is 6.59. The largest absolute Gasteiger partial charge is 0.397 e. The second kappa shape index (κ2) is 6.69. The van der Waals surface area contributed by atoms with Crippen molar-refractivity contribution in [1.29, 1.82) is 0 Å². The number of anilines is 2. The van der Waals surface area contributed by atoms with Crippen molar-refractivity contribution in [2.75, 3.05) is 23.8 Å². The van der Waals surface area contributed by atoms with Crippen LogP contribution in [0.4, 0.5) is 15.8 Å². The van der Waals surface area contributed by atoms with Crippen molar-refractivity contribution in [3.8, 4) is 0 Å². The lowest BCUT2D eigenvalue weighted by Crippen LogP contribution is -2.35. The van der Waals surface area contributed by atoms with Crippen LogP contribution in [0.3, 0.4) is 0 Å². The summed E-state index contributed by atoms with van der Waals surface area (Å²) in [6.07, 6.45) is 0. The molecule has 0 saturated heterocycles. The van der Waals surface area contributed by atoms with Crippen molar-refractivity contribution >= 4 is 33.2 Å². The number of halogens is 2. The van der Waals surface area contributed by atoms with Gasteiger partial charge in [-0.3, -0.25) is 4.79 Å². The lowest BCUT2D eigenvalue weighted by atomic mass is 10.1. The number of aliphatic hydroxyl groups excluding tert-OH is 1. The van der Waals surface area contributed by atoms with E-state index in [4.69, 9.17) is 5.73 Å². The molecule has 0 heterocycles. The average Bonchev–Trinajstić information content (AvgIpc) is 2.45. The number of nitrogens with zero attached hydrogens (tertiary/aromatic N) is 1. The van der Waals surface area contributed by atoms with Crippen LogP contribution in [-0.2, 0) is 0 Å². The van der Waals surface area contributed by atoms with Gasteiger partial charge in [-0.05, 0) is 40.2 Å². The van der Waals surface area contributed by atoms with Crippen LogP contribution >= 0.6 is 15.9 Å². The van der Waals surface area contributed by atoms with Crippen molar-refractivity contribution in [3.63, 3.8) is 0 Å². The standard InChI is InChI=1S/C15H14BrFN2O2/c16-10-4-3-5-11(17)14(10)15(21)19(8-9-20)13-7-2-1-6-12(13)18/h1-7,20H,8-9,18H2. The molecule has 2 rings (SSSR count). The van der Waals surface area contributed by atoms with Gasteiger partial charge in [0.05, 0.1) is 23.5 Å². The van der Waals surface area contributed by atoms with Crippen LogP contribution in [0.25, 0.3) is 0 Å². The van der Waals surface area contributed by atoms with Gasteiger partial charge in [-0.25, -0.2) is 4.39 Å². The Hall–Kier alpha value is -1.92. The third-order valence-electron chi connectivity index (χ3n) is 2.97. The quantitative estimate of drug-likeness (QED) is 0.831. The molecule has 0 aliphatic rings. The lowest BCUT2D eigenvalue weighted by molar-refractivity contribution is 0.0976. The SMILES string of the molecule is Nc1ccccc1N(CCO)C(=O)c1c(F)cccc1Br. The van der Waals surface area contributed by atoms with Gasteiger partial charge < -0.3 is 15.7 Å². The number of para-hydroxylation sites is 2. The molecule has 21 heavy (non-hydrogen) atoms. The fourth-order valence-electron chi connectivity index (χ4n) is 2.00. The number of carbonyl (C=O) groups excluding carboxylic acids is 1. The van der Waals surface area contributed by atoms with Crippen molar-refractivity contribution in [3.05, 3.63) is 58.3 Å². The van der Waals surface area contributed by atoms with Gasteiger partial charge in [0, 0.05) is 11.0 Å². The fourth-order valence-corrected chi connectivity index (χ4v) is 2.51. The number of aliphatic hydroxyl groups is 1. The molecule has 0 unspecified atom stereocenters. The normalized spacial score (nSPS) is 10.4. The summed E-state index contributed by atoms with van der Waals surface area (Å²) in [4.78, 5) is 13.9. The molecule has 0 fully saturated rings. The van der Waals surface area contributed by atoms with Gasteiger partial charge in [-0.2, -0.15) is 0 Å². The van der Waals surface area contributed by atoms with Gasteiger partial charge in [-0.1, -0.05) is 18.2 Å². The molecule has 0 spiro atoms. The van der Waals surface area contributed by atoms with Gasteiger partial charge in [0.25, 0.3) is 5.91 Å². The highest BCUT2D eigenvalue weighted by Gasteiger charge is 2.24. The molecule has 3 N–H and O–H groups in total. The Bertz CT molecular complexity index is 644. The molecule has 1 amide bonds. The van der Waals surface area contributed by atoms with E-state index in [-0.39, 0.29) is 18.7 Å². The first-order valence-corrected chi connectivity index (χ1v) is 7.06. The Morgan fingerprint density at radius 2 is 1.95 bits per heavy atom. The summed E-state index contributed by atoms with van der Waals surface area (Å²) in [6, 6.07) is 11.1. The number of benzene rings is 2. The van der Waals surface area contributed by atoms with Gasteiger partial charge >= 0.3 is 0 Å². The molecule has 0 radical (unpaired) electrons. The molecule has 6 heteroatoms. The topological polar surface area (TPSA) is 66.6 Å². The zero-order chi connectivity index (χ0) is 15.4. The summed E-state index contributed by atoms with van der Waals surface area (Å²) in [5.74, 6) is -1.20. The van der Waals surface area contributed by atoms with E-state index in [0.29, 0.717) is 15.8 Å². The molecule has 0 atom stereocenters. The van der Waals surface area contributed by atoms with E-state index in [9.17, 15) is 14.3 Å². The molecule has 2 aromatic rings. The zero-order valence-electron chi connectivity index (χ0n) is 11.1. The summed E-state index contributed by atoms with van der Waals surface area (Å²) in [7, 11) is 0. The third-order valence-corrected chi connectivity index (χ3v) is 3.63. The Morgan fingerprint density at radius 3 is 2.57 bits per heavy atom. The molecule has 0 aliphatic heterocycles. The number of hydrogen-bond acceptors (Lipinski definition) is 3. The van der Waals surface area contributed by atoms with E-state index in [1.807, 2.05) is 0 Å². The highest BCUT2D eigenvalue weighted by molar-refractivity contribution is 9.10. The minimum Gasteiger partial charge on any atom is -0.397 e. The van der Waals surface area contributed by atoms with Crippen LogP contribution in [0.5, 0.6) is 0 Å². The maximum absolute atomic E-state index is 13.9. The Kier molecular flexibility index (Phi) is 4.93. The zero-order valence-corrected chi connectivity index (χ0v) is 12.7. The molecule has 0 aromatic heterocycles. The minimum atomic E-state index is -0.633. The Labute approximate surface area is 130 Å². The second-order valence-electron chi connectivity index (χ2n) is 4.34. The monoisotopic (exact) mass is 352 g/mol. The predicted octanol–water partition coefficient (Wildman–Crippen LogP) is 2.81. The number of nitrogens with two attached hydrogens (primary N) is 1. The molecule has 110 valence electrons.